The Hall–Kier alpha value is -2.77. The first-order valence-corrected chi connectivity index (χ1v) is 8.41. The minimum Gasteiger partial charge on any atom is -0.386 e. The number of nitrogens with zero attached hydrogens (tertiary/aromatic N) is 1. The summed E-state index contributed by atoms with van der Waals surface area (Å²) in [5.41, 5.74) is 3.77. The molecule has 0 fully saturated rings. The van der Waals surface area contributed by atoms with Gasteiger partial charge in [0.15, 0.2) is 0 Å². The summed E-state index contributed by atoms with van der Waals surface area (Å²) in [4.78, 5) is 12.4. The van der Waals surface area contributed by atoms with Crippen molar-refractivity contribution in [2.75, 3.05) is 5.32 Å². The van der Waals surface area contributed by atoms with Crippen LogP contribution in [0.5, 0.6) is 0 Å². The number of benzene rings is 2. The molecule has 0 saturated heterocycles. The number of carbonyl (C=O) groups is 1. The monoisotopic (exact) mass is 353 g/mol. The Kier molecular flexibility index (Phi) is 6.62. The molecule has 0 unspecified atom stereocenters. The van der Waals surface area contributed by atoms with E-state index >= 15 is 0 Å². The van der Waals surface area contributed by atoms with Crippen molar-refractivity contribution in [3.63, 3.8) is 0 Å². The van der Waals surface area contributed by atoms with E-state index in [4.69, 9.17) is 11.6 Å². The fraction of sp³-hybridized carbons (Fsp3) is 0.200. The summed E-state index contributed by atoms with van der Waals surface area (Å²) in [6.45, 7) is 4.43. The van der Waals surface area contributed by atoms with Gasteiger partial charge in [-0.2, -0.15) is 5.26 Å². The zero-order valence-corrected chi connectivity index (χ0v) is 15.0. The van der Waals surface area contributed by atoms with Crippen LogP contribution in [0.1, 0.15) is 23.6 Å². The number of aryl methyl sites for hydroxylation is 2. The fourth-order valence-corrected chi connectivity index (χ4v) is 2.66. The molecule has 0 atom stereocenters. The zero-order valence-electron chi connectivity index (χ0n) is 14.3. The van der Waals surface area contributed by atoms with Crippen LogP contribution in [0.2, 0.25) is 5.02 Å². The van der Waals surface area contributed by atoms with Crippen molar-refractivity contribution < 1.29 is 4.79 Å². The third-order valence-electron chi connectivity index (χ3n) is 3.79. The Balaban J connectivity index is 2.07. The zero-order chi connectivity index (χ0) is 18.2. The molecule has 2 aromatic carbocycles. The van der Waals surface area contributed by atoms with Crippen LogP contribution in [0.3, 0.4) is 0 Å². The van der Waals surface area contributed by atoms with Gasteiger partial charge in [-0.25, -0.2) is 0 Å². The normalized spacial score (nSPS) is 10.9. The Morgan fingerprint density at radius 3 is 2.72 bits per heavy atom. The molecule has 4 nitrogen and oxygen atoms in total. The van der Waals surface area contributed by atoms with Gasteiger partial charge in [0.1, 0.15) is 11.6 Å². The third kappa shape index (κ3) is 5.10. The lowest BCUT2D eigenvalue weighted by atomic mass is 10.1. The highest BCUT2D eigenvalue weighted by Crippen LogP contribution is 2.21. The van der Waals surface area contributed by atoms with Crippen LogP contribution in [-0.2, 0) is 17.8 Å². The molecular weight excluding hydrogens is 334 g/mol. The molecule has 0 saturated carbocycles. The van der Waals surface area contributed by atoms with Gasteiger partial charge in [-0.1, -0.05) is 48.9 Å². The fourth-order valence-electron chi connectivity index (χ4n) is 2.45. The van der Waals surface area contributed by atoms with E-state index in [1.54, 1.807) is 6.07 Å². The predicted octanol–water partition coefficient (Wildman–Crippen LogP) is 4.35. The molecule has 2 N–H and O–H groups in total. The molecule has 0 aliphatic heterocycles. The summed E-state index contributed by atoms with van der Waals surface area (Å²) in [7, 11) is 0. The van der Waals surface area contributed by atoms with Gasteiger partial charge in [0.2, 0.25) is 0 Å². The topological polar surface area (TPSA) is 64.9 Å². The van der Waals surface area contributed by atoms with E-state index in [-0.39, 0.29) is 5.57 Å². The lowest BCUT2D eigenvalue weighted by Crippen LogP contribution is -2.18. The van der Waals surface area contributed by atoms with E-state index in [1.165, 1.54) is 6.20 Å². The summed E-state index contributed by atoms with van der Waals surface area (Å²) in [5, 5.41) is 15.8. The van der Waals surface area contributed by atoms with Crippen LogP contribution in [0, 0.1) is 18.3 Å². The molecule has 5 heteroatoms. The maximum atomic E-state index is 12.4. The van der Waals surface area contributed by atoms with Gasteiger partial charge < -0.3 is 10.6 Å². The number of rotatable bonds is 6. The minimum absolute atomic E-state index is 0.0207. The van der Waals surface area contributed by atoms with Crippen molar-refractivity contribution in [3.8, 4) is 6.07 Å². The number of anilines is 1. The van der Waals surface area contributed by atoms with Gasteiger partial charge in [-0.3, -0.25) is 4.79 Å². The third-order valence-corrected chi connectivity index (χ3v) is 4.02. The molecule has 0 aliphatic carbocycles. The Labute approximate surface area is 153 Å². The summed E-state index contributed by atoms with van der Waals surface area (Å²) >= 11 is 5.94. The molecule has 0 aromatic heterocycles. The van der Waals surface area contributed by atoms with Gasteiger partial charge in [0.25, 0.3) is 5.91 Å². The molecule has 25 heavy (non-hydrogen) atoms. The summed E-state index contributed by atoms with van der Waals surface area (Å²) in [6, 6.07) is 15.2. The lowest BCUT2D eigenvalue weighted by Gasteiger charge is -2.12. The van der Waals surface area contributed by atoms with Crippen molar-refractivity contribution >= 4 is 23.2 Å². The van der Waals surface area contributed by atoms with Crippen molar-refractivity contribution in [2.45, 2.75) is 26.8 Å². The van der Waals surface area contributed by atoms with Crippen LogP contribution >= 0.6 is 11.6 Å². The Morgan fingerprint density at radius 1 is 1.28 bits per heavy atom. The Bertz CT molecular complexity index is 837. The van der Waals surface area contributed by atoms with E-state index in [2.05, 4.69) is 10.6 Å². The van der Waals surface area contributed by atoms with E-state index < -0.39 is 5.91 Å². The number of hydrogen-bond donors (Lipinski definition) is 2. The summed E-state index contributed by atoms with van der Waals surface area (Å²) in [6.07, 6.45) is 2.23. The van der Waals surface area contributed by atoms with Crippen molar-refractivity contribution in [3.05, 3.63) is 76.0 Å². The molecule has 2 rings (SSSR count). The molecule has 0 heterocycles. The molecule has 0 radical (unpaired) electrons. The quantitative estimate of drug-likeness (QED) is 0.599. The number of hydrogen-bond acceptors (Lipinski definition) is 3. The predicted molar refractivity (Wildman–Crippen MR) is 101 cm³/mol. The molecular formula is C20H20ClN3O. The summed E-state index contributed by atoms with van der Waals surface area (Å²) < 4.78 is 0. The second-order valence-electron chi connectivity index (χ2n) is 5.60. The van der Waals surface area contributed by atoms with Gasteiger partial charge in [0.05, 0.1) is 0 Å². The average Bonchev–Trinajstić information content (AvgIpc) is 2.60. The van der Waals surface area contributed by atoms with Gasteiger partial charge in [-0.15, -0.1) is 0 Å². The smallest absolute Gasteiger partial charge is 0.267 e. The van der Waals surface area contributed by atoms with Crippen LogP contribution in [-0.4, -0.2) is 5.91 Å². The first-order chi connectivity index (χ1) is 12.0. The maximum absolute atomic E-state index is 12.4. The SMILES string of the molecule is CCc1cccc(C)c1NC(=O)/C(C#N)=C\NCc1cccc(Cl)c1. The van der Waals surface area contributed by atoms with E-state index in [0.29, 0.717) is 11.6 Å². The molecule has 128 valence electrons. The molecule has 0 spiro atoms. The number of nitriles is 1. The van der Waals surface area contributed by atoms with Gasteiger partial charge in [-0.05, 0) is 42.2 Å². The number of nitrogens with one attached hydrogen (secondary N) is 2. The van der Waals surface area contributed by atoms with Crippen molar-refractivity contribution in [1.29, 1.82) is 5.26 Å². The van der Waals surface area contributed by atoms with Crippen LogP contribution in [0.4, 0.5) is 5.69 Å². The number of halogens is 1. The highest BCUT2D eigenvalue weighted by Gasteiger charge is 2.12. The van der Waals surface area contributed by atoms with Gasteiger partial charge >= 0.3 is 0 Å². The lowest BCUT2D eigenvalue weighted by molar-refractivity contribution is -0.112. The molecule has 2 aromatic rings. The second kappa shape index (κ2) is 8.91. The molecule has 1 amide bonds. The highest BCUT2D eigenvalue weighted by atomic mass is 35.5. The largest absolute Gasteiger partial charge is 0.386 e. The maximum Gasteiger partial charge on any atom is 0.267 e. The van der Waals surface area contributed by atoms with Gasteiger partial charge in [0, 0.05) is 23.5 Å². The van der Waals surface area contributed by atoms with Crippen LogP contribution < -0.4 is 10.6 Å². The van der Waals surface area contributed by atoms with Crippen molar-refractivity contribution in [2.24, 2.45) is 0 Å². The first kappa shape index (κ1) is 18.6. The number of amides is 1. The standard InChI is InChI=1S/C20H20ClN3O/c1-3-16-8-4-6-14(2)19(16)24-20(25)17(11-22)13-23-12-15-7-5-9-18(21)10-15/h4-10,13,23H,3,12H2,1-2H3,(H,24,25)/b17-13-. The average molecular weight is 354 g/mol. The highest BCUT2D eigenvalue weighted by molar-refractivity contribution is 6.30. The first-order valence-electron chi connectivity index (χ1n) is 8.03. The van der Waals surface area contributed by atoms with E-state index in [1.807, 2.05) is 56.3 Å². The Morgan fingerprint density at radius 2 is 2.04 bits per heavy atom. The minimum atomic E-state index is -0.426. The van der Waals surface area contributed by atoms with Crippen LogP contribution in [0.15, 0.2) is 54.2 Å². The number of carbonyl (C=O) groups excluding carboxylic acids is 1. The molecule has 0 aliphatic rings. The van der Waals surface area contributed by atoms with Crippen molar-refractivity contribution in [1.82, 2.24) is 5.32 Å². The number of para-hydroxylation sites is 1. The van der Waals surface area contributed by atoms with E-state index in [0.717, 1.165) is 28.8 Å². The summed E-state index contributed by atoms with van der Waals surface area (Å²) in [5.74, 6) is -0.426. The van der Waals surface area contributed by atoms with Crippen LogP contribution in [0.25, 0.3) is 0 Å². The second-order valence-corrected chi connectivity index (χ2v) is 6.03. The molecule has 0 bridgehead atoms. The van der Waals surface area contributed by atoms with E-state index in [9.17, 15) is 10.1 Å².